The first-order valence-electron chi connectivity index (χ1n) is 8.07. The van der Waals surface area contributed by atoms with Gasteiger partial charge in [-0.1, -0.05) is 29.3 Å². The van der Waals surface area contributed by atoms with Crippen molar-refractivity contribution in [2.24, 2.45) is 0 Å². The Balaban J connectivity index is 1.87. The van der Waals surface area contributed by atoms with Gasteiger partial charge in [0.25, 0.3) is 0 Å². The van der Waals surface area contributed by atoms with E-state index in [2.05, 4.69) is 0 Å². The molecule has 1 aliphatic rings. The monoisotopic (exact) mass is 396 g/mol. The Bertz CT molecular complexity index is 947. The van der Waals surface area contributed by atoms with Crippen LogP contribution < -0.4 is 4.90 Å². The molecule has 0 bridgehead atoms. The largest absolute Gasteiger partial charge is 0.310 e. The second-order valence-electron chi connectivity index (χ2n) is 6.19. The minimum atomic E-state index is -3.78. The van der Waals surface area contributed by atoms with Crippen molar-refractivity contribution in [3.63, 3.8) is 0 Å². The van der Waals surface area contributed by atoms with Crippen LogP contribution in [-0.4, -0.2) is 37.8 Å². The lowest BCUT2D eigenvalue weighted by atomic mass is 10.2. The smallest absolute Gasteiger partial charge is 0.245 e. The highest BCUT2D eigenvalue weighted by atomic mass is 35.5. The Kier molecular flexibility index (Phi) is 5.05. The van der Waals surface area contributed by atoms with Gasteiger partial charge in [0.2, 0.25) is 15.9 Å². The molecule has 0 N–H and O–H groups in total. The molecule has 26 heavy (non-hydrogen) atoms. The Hall–Kier alpha value is -1.96. The number of aryl methyl sites for hydroxylation is 1. The summed E-state index contributed by atoms with van der Waals surface area (Å²) < 4.78 is 40.3. The maximum Gasteiger partial charge on any atom is 0.245 e. The first kappa shape index (κ1) is 18.8. The summed E-state index contributed by atoms with van der Waals surface area (Å²) in [6.07, 6.45) is 0. The number of piperazine rings is 1. The van der Waals surface area contributed by atoms with Gasteiger partial charge in [0.05, 0.1) is 9.92 Å². The lowest BCUT2D eigenvalue weighted by Gasteiger charge is -2.38. The molecule has 1 aliphatic heterocycles. The summed E-state index contributed by atoms with van der Waals surface area (Å²) in [6.45, 7) is 3.72. The van der Waals surface area contributed by atoms with E-state index in [4.69, 9.17) is 11.6 Å². The number of rotatable bonds is 3. The van der Waals surface area contributed by atoms with Crippen molar-refractivity contribution >= 4 is 33.2 Å². The molecule has 5 nitrogen and oxygen atoms in total. The third kappa shape index (κ3) is 3.34. The van der Waals surface area contributed by atoms with Crippen LogP contribution in [0.5, 0.6) is 0 Å². The Morgan fingerprint density at radius 1 is 1.12 bits per heavy atom. The molecule has 1 saturated heterocycles. The van der Waals surface area contributed by atoms with Gasteiger partial charge in [0.1, 0.15) is 11.9 Å². The van der Waals surface area contributed by atoms with Gasteiger partial charge in [-0.05, 0) is 44.2 Å². The van der Waals surface area contributed by atoms with E-state index in [-0.39, 0.29) is 28.9 Å². The van der Waals surface area contributed by atoms with Crippen LogP contribution in [0.2, 0.25) is 5.02 Å². The molecule has 2 aromatic carbocycles. The van der Waals surface area contributed by atoms with E-state index in [1.165, 1.54) is 39.5 Å². The van der Waals surface area contributed by atoms with Crippen molar-refractivity contribution in [3.8, 4) is 0 Å². The van der Waals surface area contributed by atoms with Crippen LogP contribution in [0.25, 0.3) is 0 Å². The van der Waals surface area contributed by atoms with Gasteiger partial charge in [0.15, 0.2) is 0 Å². The highest BCUT2D eigenvalue weighted by Crippen LogP contribution is 2.28. The maximum absolute atomic E-state index is 13.4. The van der Waals surface area contributed by atoms with Crippen LogP contribution in [0.15, 0.2) is 47.4 Å². The SMILES string of the molecule is Cc1ccc(S(=O)(=O)N2CCN(c3ccc(F)c(Cl)c3)C(=O)[C@@H]2C)cc1. The lowest BCUT2D eigenvalue weighted by molar-refractivity contribution is -0.123. The highest BCUT2D eigenvalue weighted by molar-refractivity contribution is 7.89. The Morgan fingerprint density at radius 2 is 1.77 bits per heavy atom. The number of sulfonamides is 1. The number of nitrogens with zero attached hydrogens (tertiary/aromatic N) is 2. The second kappa shape index (κ2) is 6.98. The van der Waals surface area contributed by atoms with Crippen molar-refractivity contribution < 1.29 is 17.6 Å². The van der Waals surface area contributed by atoms with E-state index in [9.17, 15) is 17.6 Å². The van der Waals surface area contributed by atoms with Crippen LogP contribution in [-0.2, 0) is 14.8 Å². The molecule has 0 unspecified atom stereocenters. The Morgan fingerprint density at radius 3 is 2.38 bits per heavy atom. The van der Waals surface area contributed by atoms with Gasteiger partial charge in [-0.3, -0.25) is 4.79 Å². The third-order valence-corrected chi connectivity index (χ3v) is 6.72. The fourth-order valence-corrected chi connectivity index (χ4v) is 4.69. The quantitative estimate of drug-likeness (QED) is 0.800. The van der Waals surface area contributed by atoms with E-state index in [1.807, 2.05) is 6.92 Å². The number of hydrogen-bond acceptors (Lipinski definition) is 3. The summed E-state index contributed by atoms with van der Waals surface area (Å²) in [7, 11) is -3.78. The average molecular weight is 397 g/mol. The van der Waals surface area contributed by atoms with E-state index in [0.29, 0.717) is 5.69 Å². The van der Waals surface area contributed by atoms with Crippen molar-refractivity contribution in [3.05, 3.63) is 58.9 Å². The first-order valence-corrected chi connectivity index (χ1v) is 9.88. The Labute approximate surface area is 157 Å². The van der Waals surface area contributed by atoms with E-state index in [1.54, 1.807) is 19.1 Å². The molecule has 0 saturated carbocycles. The molecule has 3 rings (SSSR count). The number of carbonyl (C=O) groups is 1. The standard InChI is InChI=1S/C18H18ClFN2O3S/c1-12-3-6-15(7-4-12)26(24,25)22-10-9-21(18(23)13(22)2)14-5-8-17(20)16(19)11-14/h3-8,11,13H,9-10H2,1-2H3/t13-/m0/s1. The van der Waals surface area contributed by atoms with Crippen LogP contribution in [0.3, 0.4) is 0 Å². The fraction of sp³-hybridized carbons (Fsp3) is 0.278. The van der Waals surface area contributed by atoms with Crippen molar-refractivity contribution in [2.75, 3.05) is 18.0 Å². The molecular formula is C18H18ClFN2O3S. The minimum Gasteiger partial charge on any atom is -0.310 e. The van der Waals surface area contributed by atoms with Gasteiger partial charge in [-0.25, -0.2) is 12.8 Å². The number of amides is 1. The molecule has 0 aromatic heterocycles. The van der Waals surface area contributed by atoms with Crippen molar-refractivity contribution in [1.29, 1.82) is 0 Å². The van der Waals surface area contributed by atoms with Crippen molar-refractivity contribution in [1.82, 2.24) is 4.31 Å². The molecular weight excluding hydrogens is 379 g/mol. The number of halogens is 2. The maximum atomic E-state index is 13.4. The fourth-order valence-electron chi connectivity index (χ4n) is 2.93. The molecule has 8 heteroatoms. The predicted octanol–water partition coefficient (Wildman–Crippen LogP) is 3.21. The normalized spacial score (nSPS) is 19.0. The number of carbonyl (C=O) groups excluding carboxylic acids is 1. The van der Waals surface area contributed by atoms with Gasteiger partial charge < -0.3 is 4.90 Å². The van der Waals surface area contributed by atoms with Crippen LogP contribution in [0, 0.1) is 12.7 Å². The molecule has 2 aromatic rings. The van der Waals surface area contributed by atoms with E-state index < -0.39 is 21.9 Å². The summed E-state index contributed by atoms with van der Waals surface area (Å²) >= 11 is 5.79. The van der Waals surface area contributed by atoms with Gasteiger partial charge in [-0.2, -0.15) is 4.31 Å². The minimum absolute atomic E-state index is 0.0855. The predicted molar refractivity (Wildman–Crippen MR) is 98.3 cm³/mol. The molecule has 1 heterocycles. The summed E-state index contributed by atoms with van der Waals surface area (Å²) in [6, 6.07) is 9.64. The van der Waals surface area contributed by atoms with Gasteiger partial charge >= 0.3 is 0 Å². The highest BCUT2D eigenvalue weighted by Gasteiger charge is 2.39. The molecule has 1 fully saturated rings. The van der Waals surface area contributed by atoms with Crippen LogP contribution in [0.4, 0.5) is 10.1 Å². The zero-order valence-electron chi connectivity index (χ0n) is 14.3. The third-order valence-electron chi connectivity index (χ3n) is 4.44. The molecule has 1 atom stereocenters. The number of hydrogen-bond donors (Lipinski definition) is 0. The van der Waals surface area contributed by atoms with Gasteiger partial charge in [0, 0.05) is 18.8 Å². The van der Waals surface area contributed by atoms with E-state index in [0.717, 1.165) is 5.56 Å². The zero-order valence-corrected chi connectivity index (χ0v) is 15.9. The summed E-state index contributed by atoms with van der Waals surface area (Å²) in [4.78, 5) is 14.3. The molecule has 0 aliphatic carbocycles. The molecule has 0 radical (unpaired) electrons. The van der Waals surface area contributed by atoms with Gasteiger partial charge in [-0.15, -0.1) is 0 Å². The zero-order chi connectivity index (χ0) is 19.1. The summed E-state index contributed by atoms with van der Waals surface area (Å²) in [5.41, 5.74) is 1.40. The van der Waals surface area contributed by atoms with Crippen molar-refractivity contribution in [2.45, 2.75) is 24.8 Å². The lowest BCUT2D eigenvalue weighted by Crippen LogP contribution is -2.57. The number of benzene rings is 2. The summed E-state index contributed by atoms with van der Waals surface area (Å²) in [5, 5.41) is -0.0855. The molecule has 138 valence electrons. The average Bonchev–Trinajstić information content (AvgIpc) is 2.60. The molecule has 0 spiro atoms. The topological polar surface area (TPSA) is 57.7 Å². The number of anilines is 1. The summed E-state index contributed by atoms with van der Waals surface area (Å²) in [5.74, 6) is -0.953. The van der Waals surface area contributed by atoms with Crippen LogP contribution >= 0.6 is 11.6 Å². The first-order chi connectivity index (χ1) is 12.2. The van der Waals surface area contributed by atoms with E-state index >= 15 is 0 Å². The second-order valence-corrected chi connectivity index (χ2v) is 8.49. The molecule has 1 amide bonds. The van der Waals surface area contributed by atoms with Crippen LogP contribution in [0.1, 0.15) is 12.5 Å².